The third kappa shape index (κ3) is 4.45. The van der Waals surface area contributed by atoms with Gasteiger partial charge in [0.05, 0.1) is 12.7 Å². The van der Waals surface area contributed by atoms with Crippen molar-refractivity contribution in [1.29, 1.82) is 5.26 Å². The van der Waals surface area contributed by atoms with Crippen molar-refractivity contribution in [2.75, 3.05) is 6.61 Å². The van der Waals surface area contributed by atoms with E-state index in [0.29, 0.717) is 0 Å². The molecule has 1 atom stereocenters. The highest BCUT2D eigenvalue weighted by Gasteiger charge is 2.27. The minimum Gasteiger partial charge on any atom is -0.464 e. The molecule has 0 rings (SSSR count). The minimum absolute atomic E-state index is 0.183. The number of nitrogens with one attached hydrogen (secondary N) is 1. The van der Waals surface area contributed by atoms with E-state index >= 15 is 0 Å². The number of rotatable bonds is 3. The second kappa shape index (κ2) is 5.35. The fourth-order valence-corrected chi connectivity index (χ4v) is 0.717. The highest BCUT2D eigenvalue weighted by molar-refractivity contribution is 5.88. The summed E-state index contributed by atoms with van der Waals surface area (Å²) < 4.78 is 4.63. The quantitative estimate of drug-likeness (QED) is 0.695. The molecular weight excluding hydrogens is 196 g/mol. The molecule has 0 fully saturated rings. The molecule has 5 nitrogen and oxygen atoms in total. The smallest absolute Gasteiger partial charge is 0.343 e. The van der Waals surface area contributed by atoms with Gasteiger partial charge >= 0.3 is 5.97 Å². The molecular formula is C10H16N2O3. The van der Waals surface area contributed by atoms with Crippen LogP contribution in [0.2, 0.25) is 0 Å². The van der Waals surface area contributed by atoms with Gasteiger partial charge in [-0.05, 0) is 6.92 Å². The van der Waals surface area contributed by atoms with Gasteiger partial charge in [-0.25, -0.2) is 4.79 Å². The summed E-state index contributed by atoms with van der Waals surface area (Å²) >= 11 is 0. The van der Waals surface area contributed by atoms with Crippen LogP contribution in [0.4, 0.5) is 0 Å². The summed E-state index contributed by atoms with van der Waals surface area (Å²) in [5.41, 5.74) is -0.637. The van der Waals surface area contributed by atoms with Crippen LogP contribution < -0.4 is 5.32 Å². The van der Waals surface area contributed by atoms with E-state index in [4.69, 9.17) is 5.26 Å². The maximum Gasteiger partial charge on any atom is 0.343 e. The van der Waals surface area contributed by atoms with Crippen LogP contribution in [0.1, 0.15) is 27.7 Å². The molecule has 0 aliphatic carbocycles. The normalized spacial score (nSPS) is 12.5. The number of nitriles is 1. The number of nitrogens with zero attached hydrogens (tertiary/aromatic N) is 1. The molecule has 0 aromatic carbocycles. The molecule has 1 N–H and O–H groups in total. The summed E-state index contributed by atoms with van der Waals surface area (Å²) in [6, 6.07) is 0.458. The van der Waals surface area contributed by atoms with Crippen molar-refractivity contribution < 1.29 is 14.3 Å². The molecule has 0 saturated carbocycles. The molecule has 15 heavy (non-hydrogen) atoms. The second-order valence-electron chi connectivity index (χ2n) is 4.04. The standard InChI is InChI=1S/C10H16N2O3/c1-5-15-8(13)7(6-11)12-9(14)10(2,3)4/h7H,5H2,1-4H3,(H,12,14)/t7-/m1/s1. The number of hydrogen-bond acceptors (Lipinski definition) is 4. The average molecular weight is 212 g/mol. The lowest BCUT2D eigenvalue weighted by Gasteiger charge is -2.19. The van der Waals surface area contributed by atoms with Gasteiger partial charge in [0.1, 0.15) is 0 Å². The summed E-state index contributed by atoms with van der Waals surface area (Å²) in [7, 11) is 0. The van der Waals surface area contributed by atoms with Crippen LogP contribution in [-0.4, -0.2) is 24.5 Å². The van der Waals surface area contributed by atoms with Gasteiger partial charge in [0.2, 0.25) is 11.9 Å². The Morgan fingerprint density at radius 1 is 1.47 bits per heavy atom. The first kappa shape index (κ1) is 13.4. The predicted octanol–water partition coefficient (Wildman–Crippen LogP) is 0.604. The van der Waals surface area contributed by atoms with E-state index < -0.39 is 17.4 Å². The van der Waals surface area contributed by atoms with Gasteiger partial charge < -0.3 is 10.1 Å². The molecule has 0 aliphatic heterocycles. The van der Waals surface area contributed by atoms with Crippen molar-refractivity contribution >= 4 is 11.9 Å². The number of esters is 1. The van der Waals surface area contributed by atoms with Gasteiger partial charge in [-0.3, -0.25) is 4.79 Å². The number of ether oxygens (including phenoxy) is 1. The first-order valence-electron chi connectivity index (χ1n) is 4.70. The van der Waals surface area contributed by atoms with Gasteiger partial charge in [-0.2, -0.15) is 5.26 Å². The van der Waals surface area contributed by atoms with E-state index in [9.17, 15) is 9.59 Å². The van der Waals surface area contributed by atoms with Gasteiger partial charge in [0.25, 0.3) is 0 Å². The van der Waals surface area contributed by atoms with E-state index in [1.807, 2.05) is 0 Å². The molecule has 0 heterocycles. The van der Waals surface area contributed by atoms with Crippen LogP contribution in [0.5, 0.6) is 0 Å². The van der Waals surface area contributed by atoms with Crippen molar-refractivity contribution in [3.63, 3.8) is 0 Å². The van der Waals surface area contributed by atoms with Gasteiger partial charge in [0, 0.05) is 5.41 Å². The summed E-state index contributed by atoms with van der Waals surface area (Å²) in [6.07, 6.45) is 0. The van der Waals surface area contributed by atoms with Crippen LogP contribution in [0.3, 0.4) is 0 Å². The SMILES string of the molecule is CCOC(=O)[C@@H](C#N)NC(=O)C(C)(C)C. The van der Waals surface area contributed by atoms with E-state index in [2.05, 4.69) is 10.1 Å². The van der Waals surface area contributed by atoms with Gasteiger partial charge in [-0.1, -0.05) is 20.8 Å². The summed E-state index contributed by atoms with van der Waals surface area (Å²) in [4.78, 5) is 22.6. The van der Waals surface area contributed by atoms with E-state index in [0.717, 1.165) is 0 Å². The van der Waals surface area contributed by atoms with Gasteiger partial charge in [0.15, 0.2) is 0 Å². The number of amides is 1. The lowest BCUT2D eigenvalue weighted by atomic mass is 9.95. The van der Waals surface area contributed by atoms with Crippen molar-refractivity contribution in [3.8, 4) is 6.07 Å². The molecule has 0 bridgehead atoms. The van der Waals surface area contributed by atoms with Crippen LogP contribution in [-0.2, 0) is 14.3 Å². The zero-order valence-corrected chi connectivity index (χ0v) is 9.46. The lowest BCUT2D eigenvalue weighted by molar-refractivity contribution is -0.146. The van der Waals surface area contributed by atoms with Crippen LogP contribution in [0.25, 0.3) is 0 Å². The monoisotopic (exact) mass is 212 g/mol. The Hall–Kier alpha value is -1.57. The number of hydrogen-bond donors (Lipinski definition) is 1. The van der Waals surface area contributed by atoms with Crippen molar-refractivity contribution in [2.45, 2.75) is 33.7 Å². The predicted molar refractivity (Wildman–Crippen MR) is 53.6 cm³/mol. The second-order valence-corrected chi connectivity index (χ2v) is 4.04. The molecule has 0 spiro atoms. The summed E-state index contributed by atoms with van der Waals surface area (Å²) in [6.45, 7) is 6.91. The Balaban J connectivity index is 4.43. The fraction of sp³-hybridized carbons (Fsp3) is 0.700. The van der Waals surface area contributed by atoms with Crippen LogP contribution >= 0.6 is 0 Å². The fourth-order valence-electron chi connectivity index (χ4n) is 0.717. The maximum atomic E-state index is 11.5. The molecule has 5 heteroatoms. The molecule has 0 unspecified atom stereocenters. The highest BCUT2D eigenvalue weighted by atomic mass is 16.5. The molecule has 0 radical (unpaired) electrons. The molecule has 0 saturated heterocycles. The van der Waals surface area contributed by atoms with Gasteiger partial charge in [-0.15, -0.1) is 0 Å². The topological polar surface area (TPSA) is 79.2 Å². The first-order valence-corrected chi connectivity index (χ1v) is 4.70. The third-order valence-electron chi connectivity index (χ3n) is 1.61. The average Bonchev–Trinajstić information content (AvgIpc) is 2.12. The van der Waals surface area contributed by atoms with E-state index in [1.165, 1.54) is 0 Å². The number of carbonyl (C=O) groups is 2. The minimum atomic E-state index is -1.23. The maximum absolute atomic E-state index is 11.5. The van der Waals surface area contributed by atoms with Crippen molar-refractivity contribution in [1.82, 2.24) is 5.32 Å². The molecule has 84 valence electrons. The highest BCUT2D eigenvalue weighted by Crippen LogP contribution is 2.12. The Morgan fingerprint density at radius 3 is 2.33 bits per heavy atom. The Labute approximate surface area is 89.4 Å². The van der Waals surface area contributed by atoms with Crippen molar-refractivity contribution in [3.05, 3.63) is 0 Å². The number of carbonyl (C=O) groups excluding carboxylic acids is 2. The molecule has 0 aliphatic rings. The lowest BCUT2D eigenvalue weighted by Crippen LogP contribution is -2.45. The Bertz CT molecular complexity index is 286. The molecule has 0 aromatic heterocycles. The Kier molecular flexibility index (Phi) is 4.79. The van der Waals surface area contributed by atoms with Crippen LogP contribution in [0.15, 0.2) is 0 Å². The zero-order chi connectivity index (χ0) is 12.1. The summed E-state index contributed by atoms with van der Waals surface area (Å²) in [5, 5.41) is 11.0. The third-order valence-corrected chi connectivity index (χ3v) is 1.61. The molecule has 0 aromatic rings. The van der Waals surface area contributed by atoms with Crippen LogP contribution in [0, 0.1) is 16.7 Å². The summed E-state index contributed by atoms with van der Waals surface area (Å²) in [5.74, 6) is -1.08. The van der Waals surface area contributed by atoms with Crippen molar-refractivity contribution in [2.24, 2.45) is 5.41 Å². The molecule has 1 amide bonds. The van der Waals surface area contributed by atoms with E-state index in [1.54, 1.807) is 33.8 Å². The first-order chi connectivity index (χ1) is 6.82. The van der Waals surface area contributed by atoms with E-state index in [-0.39, 0.29) is 12.5 Å². The zero-order valence-electron chi connectivity index (χ0n) is 9.46. The largest absolute Gasteiger partial charge is 0.464 e. The Morgan fingerprint density at radius 2 is 2.00 bits per heavy atom.